The van der Waals surface area contributed by atoms with Crippen LogP contribution in [0.1, 0.15) is 42.0 Å². The minimum Gasteiger partial charge on any atom is -0.314 e. The van der Waals surface area contributed by atoms with Crippen LogP contribution in [0, 0.1) is 13.8 Å². The number of hydrogen-bond donors (Lipinski definition) is 1. The minimum absolute atomic E-state index is 0.132. The molecule has 112 valence electrons. The lowest BCUT2D eigenvalue weighted by Gasteiger charge is -2.12. The predicted octanol–water partition coefficient (Wildman–Crippen LogP) is 2.88. The number of aryl methyl sites for hydroxylation is 2. The number of alkyl halides is 3. The van der Waals surface area contributed by atoms with E-state index in [0.717, 1.165) is 24.9 Å². The van der Waals surface area contributed by atoms with Gasteiger partial charge in [-0.1, -0.05) is 0 Å². The molecule has 1 heterocycles. The van der Waals surface area contributed by atoms with Crippen LogP contribution in [-0.4, -0.2) is 28.7 Å². The number of nitrogens with one attached hydrogen (secondary N) is 1. The number of hydrogen-bond acceptors (Lipinski definition) is 3. The van der Waals surface area contributed by atoms with Gasteiger partial charge in [-0.25, -0.2) is 9.97 Å². The van der Waals surface area contributed by atoms with Gasteiger partial charge in [0.2, 0.25) is 0 Å². The molecule has 1 aromatic heterocycles. The molecule has 0 saturated heterocycles. The molecule has 2 rings (SSSR count). The van der Waals surface area contributed by atoms with Crippen molar-refractivity contribution < 1.29 is 13.2 Å². The molecular weight excluding hydrogens is 267 g/mol. The second-order valence-electron chi connectivity index (χ2n) is 5.41. The monoisotopic (exact) mass is 287 g/mol. The van der Waals surface area contributed by atoms with E-state index in [9.17, 15) is 13.2 Å². The molecule has 0 bridgehead atoms. The zero-order chi connectivity index (χ0) is 14.8. The average molecular weight is 287 g/mol. The molecule has 6 heteroatoms. The fraction of sp³-hybridized carbons (Fsp3) is 0.714. The normalized spacial score (nSPS) is 15.7. The number of rotatable bonds is 6. The third kappa shape index (κ3) is 4.74. The van der Waals surface area contributed by atoms with Gasteiger partial charge >= 0.3 is 6.18 Å². The van der Waals surface area contributed by atoms with Gasteiger partial charge in [-0.05, 0) is 51.6 Å². The topological polar surface area (TPSA) is 37.8 Å². The lowest BCUT2D eigenvalue weighted by atomic mass is 10.1. The summed E-state index contributed by atoms with van der Waals surface area (Å²) >= 11 is 0. The maximum Gasteiger partial charge on any atom is 0.396 e. The van der Waals surface area contributed by atoms with E-state index in [4.69, 9.17) is 0 Å². The highest BCUT2D eigenvalue weighted by atomic mass is 19.4. The van der Waals surface area contributed by atoms with Crippen LogP contribution in [0.3, 0.4) is 0 Å². The van der Waals surface area contributed by atoms with Crippen molar-refractivity contribution in [1.82, 2.24) is 15.3 Å². The molecule has 0 aromatic carbocycles. The maximum absolute atomic E-state index is 12.3. The summed E-state index contributed by atoms with van der Waals surface area (Å²) in [6.45, 7) is 4.46. The Kier molecular flexibility index (Phi) is 4.62. The van der Waals surface area contributed by atoms with Crippen LogP contribution < -0.4 is 5.32 Å². The van der Waals surface area contributed by atoms with Crippen molar-refractivity contribution in [3.8, 4) is 0 Å². The number of aromatic nitrogens is 2. The van der Waals surface area contributed by atoms with E-state index in [0.29, 0.717) is 17.4 Å². The first kappa shape index (κ1) is 15.2. The standard InChI is InChI=1S/C14H20F3N3/c1-9-12(4-3-7-18-11-5-6-11)10(2)20-13(19-9)8-14(15,16)17/h11,18H,3-8H2,1-2H3. The number of halogens is 3. The molecule has 0 spiro atoms. The SMILES string of the molecule is Cc1nc(CC(F)(F)F)nc(C)c1CCCNC1CC1. The van der Waals surface area contributed by atoms with Crippen LogP contribution in [0.4, 0.5) is 13.2 Å². The van der Waals surface area contributed by atoms with E-state index in [2.05, 4.69) is 15.3 Å². The quantitative estimate of drug-likeness (QED) is 0.818. The van der Waals surface area contributed by atoms with Crippen LogP contribution in [0.15, 0.2) is 0 Å². The molecule has 1 fully saturated rings. The van der Waals surface area contributed by atoms with E-state index >= 15 is 0 Å². The van der Waals surface area contributed by atoms with Crippen molar-refractivity contribution in [3.05, 3.63) is 22.8 Å². The molecule has 1 aromatic rings. The lowest BCUT2D eigenvalue weighted by Crippen LogP contribution is -2.19. The molecule has 1 N–H and O–H groups in total. The first-order chi connectivity index (χ1) is 9.35. The maximum atomic E-state index is 12.3. The molecule has 0 aliphatic heterocycles. The van der Waals surface area contributed by atoms with Crippen molar-refractivity contribution in [2.75, 3.05) is 6.54 Å². The number of nitrogens with zero attached hydrogens (tertiary/aromatic N) is 2. The zero-order valence-corrected chi connectivity index (χ0v) is 11.8. The highest BCUT2D eigenvalue weighted by Crippen LogP contribution is 2.21. The van der Waals surface area contributed by atoms with Gasteiger partial charge in [0.25, 0.3) is 0 Å². The Morgan fingerprint density at radius 1 is 1.15 bits per heavy atom. The molecular formula is C14H20F3N3. The van der Waals surface area contributed by atoms with Crippen molar-refractivity contribution in [2.45, 2.75) is 58.2 Å². The van der Waals surface area contributed by atoms with Crippen molar-refractivity contribution >= 4 is 0 Å². The van der Waals surface area contributed by atoms with E-state index in [1.807, 2.05) is 0 Å². The van der Waals surface area contributed by atoms with E-state index in [1.165, 1.54) is 12.8 Å². The van der Waals surface area contributed by atoms with Crippen LogP contribution in [0.5, 0.6) is 0 Å². The molecule has 1 aliphatic carbocycles. The lowest BCUT2D eigenvalue weighted by molar-refractivity contribution is -0.128. The third-order valence-electron chi connectivity index (χ3n) is 3.44. The molecule has 0 radical (unpaired) electrons. The summed E-state index contributed by atoms with van der Waals surface area (Å²) in [4.78, 5) is 7.99. The van der Waals surface area contributed by atoms with Gasteiger partial charge in [0.05, 0.1) is 0 Å². The van der Waals surface area contributed by atoms with Crippen molar-refractivity contribution in [1.29, 1.82) is 0 Å². The van der Waals surface area contributed by atoms with Gasteiger partial charge in [0.15, 0.2) is 0 Å². The molecule has 0 amide bonds. The van der Waals surface area contributed by atoms with Crippen LogP contribution in [0.2, 0.25) is 0 Å². The van der Waals surface area contributed by atoms with Crippen LogP contribution in [-0.2, 0) is 12.8 Å². The summed E-state index contributed by atoms with van der Waals surface area (Å²) < 4.78 is 37.0. The van der Waals surface area contributed by atoms with Crippen LogP contribution >= 0.6 is 0 Å². The Balaban J connectivity index is 1.94. The second-order valence-corrected chi connectivity index (χ2v) is 5.41. The fourth-order valence-corrected chi connectivity index (χ4v) is 2.29. The Hall–Kier alpha value is -1.17. The second kappa shape index (κ2) is 6.08. The molecule has 20 heavy (non-hydrogen) atoms. The van der Waals surface area contributed by atoms with E-state index in [-0.39, 0.29) is 5.82 Å². The first-order valence-corrected chi connectivity index (χ1v) is 6.98. The Labute approximate surface area is 117 Å². The highest BCUT2D eigenvalue weighted by Gasteiger charge is 2.29. The fourth-order valence-electron chi connectivity index (χ4n) is 2.29. The third-order valence-corrected chi connectivity index (χ3v) is 3.44. The first-order valence-electron chi connectivity index (χ1n) is 6.98. The van der Waals surface area contributed by atoms with Crippen molar-refractivity contribution in [3.63, 3.8) is 0 Å². The largest absolute Gasteiger partial charge is 0.396 e. The summed E-state index contributed by atoms with van der Waals surface area (Å²) in [6.07, 6.45) is -1.03. The molecule has 0 atom stereocenters. The molecule has 3 nitrogen and oxygen atoms in total. The van der Waals surface area contributed by atoms with Gasteiger partial charge < -0.3 is 5.32 Å². The smallest absolute Gasteiger partial charge is 0.314 e. The van der Waals surface area contributed by atoms with Gasteiger partial charge in [0.1, 0.15) is 12.2 Å². The van der Waals surface area contributed by atoms with Crippen LogP contribution in [0.25, 0.3) is 0 Å². The van der Waals surface area contributed by atoms with E-state index in [1.54, 1.807) is 13.8 Å². The average Bonchev–Trinajstić information content (AvgIpc) is 3.08. The molecule has 1 aliphatic rings. The predicted molar refractivity (Wildman–Crippen MR) is 70.6 cm³/mol. The summed E-state index contributed by atoms with van der Waals surface area (Å²) in [6, 6.07) is 0.683. The summed E-state index contributed by atoms with van der Waals surface area (Å²) in [5, 5.41) is 3.42. The molecule has 1 saturated carbocycles. The van der Waals surface area contributed by atoms with Gasteiger partial charge in [-0.2, -0.15) is 13.2 Å². The zero-order valence-electron chi connectivity index (χ0n) is 11.8. The molecule has 0 unspecified atom stereocenters. The summed E-state index contributed by atoms with van der Waals surface area (Å²) in [7, 11) is 0. The Bertz CT molecular complexity index is 444. The summed E-state index contributed by atoms with van der Waals surface area (Å²) in [5.74, 6) is -0.132. The Morgan fingerprint density at radius 2 is 1.75 bits per heavy atom. The Morgan fingerprint density at radius 3 is 2.25 bits per heavy atom. The van der Waals surface area contributed by atoms with Gasteiger partial charge in [-0.3, -0.25) is 0 Å². The minimum atomic E-state index is -4.26. The summed E-state index contributed by atoms with van der Waals surface area (Å²) in [5.41, 5.74) is 2.32. The van der Waals surface area contributed by atoms with Crippen molar-refractivity contribution in [2.24, 2.45) is 0 Å². The highest BCUT2D eigenvalue weighted by molar-refractivity contribution is 5.24. The van der Waals surface area contributed by atoms with E-state index < -0.39 is 12.6 Å². The van der Waals surface area contributed by atoms with Gasteiger partial charge in [0, 0.05) is 17.4 Å². The van der Waals surface area contributed by atoms with Gasteiger partial charge in [-0.15, -0.1) is 0 Å².